The average Bonchev–Trinajstić information content (AvgIpc) is 2.89. The van der Waals surface area contributed by atoms with Crippen LogP contribution >= 0.6 is 0 Å². The number of nitrogens with one attached hydrogen (secondary N) is 1. The van der Waals surface area contributed by atoms with Gasteiger partial charge < -0.3 is 20.5 Å². The third-order valence-corrected chi connectivity index (χ3v) is 3.96. The lowest BCUT2D eigenvalue weighted by molar-refractivity contribution is 0.100. The highest BCUT2D eigenvalue weighted by atomic mass is 16.5. The Balaban J connectivity index is 2.25. The molecule has 0 unspecified atom stereocenters. The van der Waals surface area contributed by atoms with Crippen molar-refractivity contribution in [3.05, 3.63) is 35.7 Å². The number of fused-ring (bicyclic) bond motifs is 1. The van der Waals surface area contributed by atoms with Crippen LogP contribution in [-0.2, 0) is 7.05 Å². The quantitative estimate of drug-likeness (QED) is 0.737. The number of nitrogens with zero attached hydrogens (tertiary/aromatic N) is 3. The molecule has 8 heteroatoms. The molecule has 2 heterocycles. The van der Waals surface area contributed by atoms with Crippen LogP contribution in [0.3, 0.4) is 0 Å². The maximum Gasteiger partial charge on any atom is 0.252 e. The third-order valence-electron chi connectivity index (χ3n) is 3.96. The topological polar surface area (TPSA) is 104 Å². The van der Waals surface area contributed by atoms with Gasteiger partial charge in [0.05, 0.1) is 42.2 Å². The summed E-state index contributed by atoms with van der Waals surface area (Å²) in [6, 6.07) is 5.43. The number of hydrogen-bond acceptors (Lipinski definition) is 6. The lowest BCUT2D eigenvalue weighted by Gasteiger charge is -2.16. The largest absolute Gasteiger partial charge is 0.493 e. The second-order valence-corrected chi connectivity index (χ2v) is 5.48. The van der Waals surface area contributed by atoms with E-state index in [1.54, 1.807) is 32.0 Å². The Morgan fingerprint density at radius 1 is 1.28 bits per heavy atom. The van der Waals surface area contributed by atoms with Gasteiger partial charge in [0, 0.05) is 13.2 Å². The smallest absolute Gasteiger partial charge is 0.252 e. The highest BCUT2D eigenvalue weighted by Gasteiger charge is 2.20. The number of anilines is 2. The highest BCUT2D eigenvalue weighted by Crippen LogP contribution is 2.39. The van der Waals surface area contributed by atoms with Gasteiger partial charge >= 0.3 is 0 Å². The number of aryl methyl sites for hydroxylation is 2. The number of hydrogen-bond donors (Lipinski definition) is 2. The summed E-state index contributed by atoms with van der Waals surface area (Å²) in [5.41, 5.74) is 8.37. The lowest BCUT2D eigenvalue weighted by atomic mass is 10.1. The molecule has 0 radical (unpaired) electrons. The molecule has 3 rings (SSSR count). The first-order valence-electron chi connectivity index (χ1n) is 7.58. The van der Waals surface area contributed by atoms with Gasteiger partial charge in [-0.05, 0) is 19.1 Å². The van der Waals surface area contributed by atoms with Gasteiger partial charge in [-0.15, -0.1) is 0 Å². The summed E-state index contributed by atoms with van der Waals surface area (Å²) in [5, 5.41) is 8.35. The minimum absolute atomic E-state index is 0.272. The summed E-state index contributed by atoms with van der Waals surface area (Å²) in [5.74, 6) is 0.510. The second kappa shape index (κ2) is 6.31. The van der Waals surface area contributed by atoms with Crippen LogP contribution in [0.4, 0.5) is 11.4 Å². The molecular formula is C17H19N5O3. The van der Waals surface area contributed by atoms with Gasteiger partial charge in [0.2, 0.25) is 0 Å². The second-order valence-electron chi connectivity index (χ2n) is 5.48. The maximum atomic E-state index is 11.9. The van der Waals surface area contributed by atoms with Crippen molar-refractivity contribution in [2.45, 2.75) is 6.92 Å². The third kappa shape index (κ3) is 2.71. The molecule has 0 spiro atoms. The highest BCUT2D eigenvalue weighted by molar-refractivity contribution is 6.07. The Morgan fingerprint density at radius 2 is 2.04 bits per heavy atom. The van der Waals surface area contributed by atoms with Crippen molar-refractivity contribution in [2.24, 2.45) is 12.8 Å². The van der Waals surface area contributed by atoms with Crippen LogP contribution in [0.5, 0.6) is 11.5 Å². The van der Waals surface area contributed by atoms with Gasteiger partial charge in [0.25, 0.3) is 5.91 Å². The average molecular weight is 341 g/mol. The number of nitrogens with two attached hydrogens (primary N) is 1. The number of rotatable bonds is 5. The standard InChI is InChI=1S/C17H19N5O3/c1-9-13-14(10(16(18)23)8-19-17(13)22(2)21-9)20-11-6-5-7-12(24-3)15(11)25-4/h5-8H,1-4H3,(H2,18,23)(H,19,20). The van der Waals surface area contributed by atoms with E-state index in [0.29, 0.717) is 28.5 Å². The van der Waals surface area contributed by atoms with E-state index in [0.717, 1.165) is 11.1 Å². The monoisotopic (exact) mass is 341 g/mol. The fourth-order valence-electron chi connectivity index (χ4n) is 2.85. The first-order chi connectivity index (χ1) is 12.0. The number of pyridine rings is 1. The molecule has 25 heavy (non-hydrogen) atoms. The number of carbonyl (C=O) groups is 1. The molecule has 0 saturated carbocycles. The molecule has 0 aliphatic carbocycles. The van der Waals surface area contributed by atoms with E-state index in [1.165, 1.54) is 6.20 Å². The van der Waals surface area contributed by atoms with Crippen LogP contribution in [0.15, 0.2) is 24.4 Å². The van der Waals surface area contributed by atoms with Crippen LogP contribution < -0.4 is 20.5 Å². The summed E-state index contributed by atoms with van der Waals surface area (Å²) in [6.45, 7) is 1.85. The van der Waals surface area contributed by atoms with E-state index in [2.05, 4.69) is 15.4 Å². The van der Waals surface area contributed by atoms with Gasteiger partial charge in [0.1, 0.15) is 0 Å². The Hall–Kier alpha value is -3.29. The molecule has 1 aromatic carbocycles. The van der Waals surface area contributed by atoms with E-state index in [1.807, 2.05) is 19.1 Å². The van der Waals surface area contributed by atoms with Crippen molar-refractivity contribution in [1.82, 2.24) is 14.8 Å². The van der Waals surface area contributed by atoms with Crippen molar-refractivity contribution in [2.75, 3.05) is 19.5 Å². The van der Waals surface area contributed by atoms with E-state index >= 15 is 0 Å². The van der Waals surface area contributed by atoms with E-state index < -0.39 is 5.91 Å². The van der Waals surface area contributed by atoms with E-state index in [-0.39, 0.29) is 5.56 Å². The molecule has 0 aliphatic heterocycles. The molecule has 2 aromatic heterocycles. The molecule has 3 aromatic rings. The van der Waals surface area contributed by atoms with Gasteiger partial charge in [-0.2, -0.15) is 5.10 Å². The molecule has 130 valence electrons. The lowest BCUT2D eigenvalue weighted by Crippen LogP contribution is -2.14. The molecule has 0 saturated heterocycles. The Labute approximate surface area is 144 Å². The summed E-state index contributed by atoms with van der Waals surface area (Å²) in [7, 11) is 4.91. The fraction of sp³-hybridized carbons (Fsp3) is 0.235. The number of methoxy groups -OCH3 is 2. The zero-order chi connectivity index (χ0) is 18.1. The van der Waals surface area contributed by atoms with Crippen LogP contribution in [0, 0.1) is 6.92 Å². The predicted octanol–water partition coefficient (Wildman–Crippen LogP) is 2.14. The van der Waals surface area contributed by atoms with E-state index in [4.69, 9.17) is 15.2 Å². The van der Waals surface area contributed by atoms with Crippen LogP contribution in [0.25, 0.3) is 11.0 Å². The molecule has 3 N–H and O–H groups in total. The van der Waals surface area contributed by atoms with Crippen LogP contribution in [0.1, 0.15) is 16.1 Å². The SMILES string of the molecule is COc1cccc(Nc2c(C(N)=O)cnc3c2c(C)nn3C)c1OC. The normalized spacial score (nSPS) is 10.7. The molecule has 0 fully saturated rings. The zero-order valence-corrected chi connectivity index (χ0v) is 14.5. The molecule has 0 aliphatic rings. The minimum Gasteiger partial charge on any atom is -0.493 e. The zero-order valence-electron chi connectivity index (χ0n) is 14.5. The van der Waals surface area contributed by atoms with Gasteiger partial charge in [-0.3, -0.25) is 9.48 Å². The Kier molecular flexibility index (Phi) is 4.18. The number of carbonyl (C=O) groups excluding carboxylic acids is 1. The van der Waals surface area contributed by atoms with Crippen molar-refractivity contribution in [1.29, 1.82) is 0 Å². The summed E-state index contributed by atoms with van der Waals surface area (Å²) in [4.78, 5) is 16.2. The first kappa shape index (κ1) is 16.6. The van der Waals surface area contributed by atoms with Crippen molar-refractivity contribution < 1.29 is 14.3 Å². The number of para-hydroxylation sites is 1. The number of ether oxygens (including phenoxy) is 2. The van der Waals surface area contributed by atoms with Gasteiger partial charge in [0.15, 0.2) is 17.1 Å². The summed E-state index contributed by atoms with van der Waals surface area (Å²) in [6.07, 6.45) is 1.45. The number of benzene rings is 1. The Bertz CT molecular complexity index is 965. The predicted molar refractivity (Wildman–Crippen MR) is 94.6 cm³/mol. The first-order valence-corrected chi connectivity index (χ1v) is 7.58. The van der Waals surface area contributed by atoms with Crippen molar-refractivity contribution >= 4 is 28.3 Å². The molecule has 1 amide bonds. The van der Waals surface area contributed by atoms with Crippen LogP contribution in [-0.4, -0.2) is 34.9 Å². The summed E-state index contributed by atoms with van der Waals surface area (Å²) >= 11 is 0. The number of primary amides is 1. The summed E-state index contributed by atoms with van der Waals surface area (Å²) < 4.78 is 12.4. The maximum absolute atomic E-state index is 11.9. The molecule has 8 nitrogen and oxygen atoms in total. The van der Waals surface area contributed by atoms with E-state index in [9.17, 15) is 4.79 Å². The number of amides is 1. The van der Waals surface area contributed by atoms with Crippen molar-refractivity contribution in [3.63, 3.8) is 0 Å². The number of aromatic nitrogens is 3. The molecular weight excluding hydrogens is 322 g/mol. The Morgan fingerprint density at radius 3 is 2.68 bits per heavy atom. The minimum atomic E-state index is -0.581. The van der Waals surface area contributed by atoms with Gasteiger partial charge in [-0.25, -0.2) is 4.98 Å². The van der Waals surface area contributed by atoms with Crippen LogP contribution in [0.2, 0.25) is 0 Å². The molecule has 0 atom stereocenters. The van der Waals surface area contributed by atoms with Gasteiger partial charge in [-0.1, -0.05) is 6.07 Å². The molecule has 0 bridgehead atoms. The van der Waals surface area contributed by atoms with Crippen molar-refractivity contribution in [3.8, 4) is 11.5 Å². The fourth-order valence-corrected chi connectivity index (χ4v) is 2.85.